The maximum absolute atomic E-state index is 12.3. The van der Waals surface area contributed by atoms with Crippen molar-refractivity contribution in [2.75, 3.05) is 13.7 Å². The first kappa shape index (κ1) is 19.9. The zero-order valence-corrected chi connectivity index (χ0v) is 16.7. The number of hydrogen-bond acceptors (Lipinski definition) is 5. The fourth-order valence-corrected chi connectivity index (χ4v) is 2.58. The van der Waals surface area contributed by atoms with Gasteiger partial charge in [-0.1, -0.05) is 22.0 Å². The molecular weight excluding hydrogens is 418 g/mol. The molecule has 0 saturated heterocycles. The topological polar surface area (TPSA) is 72.0 Å². The molecule has 0 unspecified atom stereocenters. The van der Waals surface area contributed by atoms with Crippen LogP contribution in [0.25, 0.3) is 0 Å². The fraction of sp³-hybridized carbons (Fsp3) is 0.167. The molecule has 0 radical (unpaired) electrons. The van der Waals surface area contributed by atoms with Crippen molar-refractivity contribution >= 4 is 45.4 Å². The Morgan fingerprint density at radius 2 is 2.08 bits per heavy atom. The van der Waals surface area contributed by atoms with Gasteiger partial charge in [0.15, 0.2) is 16.6 Å². The molecule has 0 heterocycles. The number of hydrazone groups is 1. The van der Waals surface area contributed by atoms with Crippen molar-refractivity contribution in [3.63, 3.8) is 0 Å². The largest absolute Gasteiger partial charge is 0.493 e. The van der Waals surface area contributed by atoms with Crippen LogP contribution in [0.3, 0.4) is 0 Å². The van der Waals surface area contributed by atoms with Crippen molar-refractivity contribution in [2.24, 2.45) is 5.10 Å². The Labute approximate surface area is 165 Å². The summed E-state index contributed by atoms with van der Waals surface area (Å²) in [5, 5.41) is 7.40. The summed E-state index contributed by atoms with van der Waals surface area (Å²) < 4.78 is 11.5. The van der Waals surface area contributed by atoms with Crippen LogP contribution in [-0.2, 0) is 0 Å². The Morgan fingerprint density at radius 1 is 1.27 bits per heavy atom. The minimum Gasteiger partial charge on any atom is -0.493 e. The Balaban J connectivity index is 2.09. The first-order chi connectivity index (χ1) is 12.5. The number of methoxy groups -OCH3 is 1. The summed E-state index contributed by atoms with van der Waals surface area (Å²) in [6, 6.07) is 12.1. The number of carbonyl (C=O) groups excluding carboxylic acids is 1. The smallest absolute Gasteiger partial charge is 0.343 e. The molecule has 26 heavy (non-hydrogen) atoms. The maximum atomic E-state index is 12.3. The molecule has 0 aromatic heterocycles. The van der Waals surface area contributed by atoms with Gasteiger partial charge in [-0.3, -0.25) is 5.43 Å². The van der Waals surface area contributed by atoms with E-state index < -0.39 is 5.97 Å². The second kappa shape index (κ2) is 9.88. The molecule has 2 aromatic rings. The highest BCUT2D eigenvalue weighted by atomic mass is 79.9. The molecule has 2 aromatic carbocycles. The standard InChI is InChI=1S/C18H18BrN3O3S/c1-3-20-18(26)22-21-11-12-7-8-15(16(9-12)24-2)25-17(23)13-5-4-6-14(19)10-13/h4-11H,3H2,1-2H3,(H2,20,22,26)/b21-11+. The number of nitrogens with zero attached hydrogens (tertiary/aromatic N) is 1. The molecule has 0 aliphatic heterocycles. The highest BCUT2D eigenvalue weighted by Gasteiger charge is 2.13. The third-order valence-corrected chi connectivity index (χ3v) is 3.90. The van der Waals surface area contributed by atoms with Crippen LogP contribution >= 0.6 is 28.1 Å². The van der Waals surface area contributed by atoms with Crippen LogP contribution < -0.4 is 20.2 Å². The van der Waals surface area contributed by atoms with Crippen molar-refractivity contribution in [1.29, 1.82) is 0 Å². The van der Waals surface area contributed by atoms with Gasteiger partial charge < -0.3 is 14.8 Å². The maximum Gasteiger partial charge on any atom is 0.343 e. The summed E-state index contributed by atoms with van der Waals surface area (Å²) >= 11 is 8.35. The normalized spacial score (nSPS) is 10.4. The molecule has 0 aliphatic rings. The lowest BCUT2D eigenvalue weighted by Gasteiger charge is -2.10. The molecule has 0 amide bonds. The van der Waals surface area contributed by atoms with Gasteiger partial charge in [-0.15, -0.1) is 0 Å². The summed E-state index contributed by atoms with van der Waals surface area (Å²) in [5.74, 6) is 0.279. The van der Waals surface area contributed by atoms with Crippen LogP contribution in [0.5, 0.6) is 11.5 Å². The van der Waals surface area contributed by atoms with Crippen molar-refractivity contribution in [3.8, 4) is 11.5 Å². The lowest BCUT2D eigenvalue weighted by Crippen LogP contribution is -2.31. The number of thiocarbonyl (C=S) groups is 1. The molecule has 2 N–H and O–H groups in total. The third-order valence-electron chi connectivity index (χ3n) is 3.17. The van der Waals surface area contributed by atoms with Crippen LogP contribution in [0.2, 0.25) is 0 Å². The average Bonchev–Trinajstić information content (AvgIpc) is 2.63. The SMILES string of the molecule is CCNC(=S)N/N=C/c1ccc(OC(=O)c2cccc(Br)c2)c(OC)c1. The number of nitrogens with one attached hydrogen (secondary N) is 2. The van der Waals surface area contributed by atoms with E-state index in [4.69, 9.17) is 21.7 Å². The summed E-state index contributed by atoms with van der Waals surface area (Å²) in [6.07, 6.45) is 1.59. The number of hydrogen-bond donors (Lipinski definition) is 2. The van der Waals surface area contributed by atoms with Gasteiger partial charge in [0.1, 0.15) is 0 Å². The van der Waals surface area contributed by atoms with E-state index in [0.29, 0.717) is 28.7 Å². The highest BCUT2D eigenvalue weighted by molar-refractivity contribution is 9.10. The number of halogens is 1. The minimum absolute atomic E-state index is 0.325. The molecule has 0 spiro atoms. The van der Waals surface area contributed by atoms with E-state index in [1.54, 1.807) is 42.6 Å². The van der Waals surface area contributed by atoms with Crippen LogP contribution in [-0.4, -0.2) is 31.0 Å². The monoisotopic (exact) mass is 435 g/mol. The first-order valence-electron chi connectivity index (χ1n) is 7.76. The van der Waals surface area contributed by atoms with Crippen LogP contribution in [0.4, 0.5) is 0 Å². The van der Waals surface area contributed by atoms with Crippen LogP contribution in [0.15, 0.2) is 52.0 Å². The molecule has 2 rings (SSSR count). The van der Waals surface area contributed by atoms with Gasteiger partial charge in [0.25, 0.3) is 0 Å². The average molecular weight is 436 g/mol. The third kappa shape index (κ3) is 5.82. The molecule has 6 nitrogen and oxygen atoms in total. The molecule has 0 saturated carbocycles. The van der Waals surface area contributed by atoms with E-state index in [1.807, 2.05) is 13.0 Å². The number of esters is 1. The summed E-state index contributed by atoms with van der Waals surface area (Å²) in [7, 11) is 1.51. The fourth-order valence-electron chi connectivity index (χ4n) is 1.99. The number of ether oxygens (including phenoxy) is 2. The van der Waals surface area contributed by atoms with E-state index in [0.717, 1.165) is 10.0 Å². The van der Waals surface area contributed by atoms with E-state index >= 15 is 0 Å². The Kier molecular flexibility index (Phi) is 7.55. The van der Waals surface area contributed by atoms with Crippen LogP contribution in [0, 0.1) is 0 Å². The molecule has 0 atom stereocenters. The molecule has 0 bridgehead atoms. The predicted octanol–water partition coefficient (Wildman–Crippen LogP) is 3.49. The van der Waals surface area contributed by atoms with Gasteiger partial charge >= 0.3 is 5.97 Å². The summed E-state index contributed by atoms with van der Waals surface area (Å²) in [5.41, 5.74) is 3.90. The van der Waals surface area contributed by atoms with Crippen molar-refractivity contribution in [1.82, 2.24) is 10.7 Å². The van der Waals surface area contributed by atoms with Crippen molar-refractivity contribution < 1.29 is 14.3 Å². The number of benzene rings is 2. The highest BCUT2D eigenvalue weighted by Crippen LogP contribution is 2.28. The summed E-state index contributed by atoms with van der Waals surface area (Å²) in [6.45, 7) is 2.66. The van der Waals surface area contributed by atoms with E-state index in [2.05, 4.69) is 31.8 Å². The van der Waals surface area contributed by atoms with Gasteiger partial charge in [-0.05, 0) is 61.1 Å². The van der Waals surface area contributed by atoms with E-state index in [9.17, 15) is 4.79 Å². The molecule has 0 aliphatic carbocycles. The Hall–Kier alpha value is -2.45. The molecule has 8 heteroatoms. The number of carbonyl (C=O) groups is 1. The molecular formula is C18H18BrN3O3S. The number of rotatable bonds is 6. The van der Waals surface area contributed by atoms with Gasteiger partial charge in [0.2, 0.25) is 0 Å². The molecule has 136 valence electrons. The second-order valence-electron chi connectivity index (χ2n) is 5.04. The van der Waals surface area contributed by atoms with Gasteiger partial charge in [-0.2, -0.15) is 5.10 Å². The van der Waals surface area contributed by atoms with Gasteiger partial charge in [0, 0.05) is 11.0 Å². The van der Waals surface area contributed by atoms with Crippen molar-refractivity contribution in [2.45, 2.75) is 6.92 Å². The van der Waals surface area contributed by atoms with Gasteiger partial charge in [0.05, 0.1) is 18.9 Å². The van der Waals surface area contributed by atoms with Crippen molar-refractivity contribution in [3.05, 3.63) is 58.1 Å². The quantitative estimate of drug-likeness (QED) is 0.238. The lowest BCUT2D eigenvalue weighted by atomic mass is 10.2. The first-order valence-corrected chi connectivity index (χ1v) is 8.96. The van der Waals surface area contributed by atoms with E-state index in [1.165, 1.54) is 7.11 Å². The Bertz CT molecular complexity index is 827. The zero-order valence-electron chi connectivity index (χ0n) is 14.3. The second-order valence-corrected chi connectivity index (χ2v) is 6.36. The predicted molar refractivity (Wildman–Crippen MR) is 109 cm³/mol. The molecule has 0 fully saturated rings. The Morgan fingerprint density at radius 3 is 2.77 bits per heavy atom. The van der Waals surface area contributed by atoms with E-state index in [-0.39, 0.29) is 0 Å². The summed E-state index contributed by atoms with van der Waals surface area (Å²) in [4.78, 5) is 12.3. The van der Waals surface area contributed by atoms with Crippen LogP contribution in [0.1, 0.15) is 22.8 Å². The lowest BCUT2D eigenvalue weighted by molar-refractivity contribution is 0.0729. The van der Waals surface area contributed by atoms with Gasteiger partial charge in [-0.25, -0.2) is 4.79 Å². The minimum atomic E-state index is -0.469. The zero-order chi connectivity index (χ0) is 18.9.